The molecule has 12 heavy (non-hydrogen) atoms. The summed E-state index contributed by atoms with van der Waals surface area (Å²) in [5.74, 6) is -1.01. The van der Waals surface area contributed by atoms with Gasteiger partial charge in [-0.15, -0.1) is 0 Å². The van der Waals surface area contributed by atoms with Crippen LogP contribution in [-0.2, 0) is 0 Å². The van der Waals surface area contributed by atoms with Gasteiger partial charge >= 0.3 is 0 Å². The van der Waals surface area contributed by atoms with E-state index in [9.17, 15) is 9.18 Å². The van der Waals surface area contributed by atoms with Crippen LogP contribution in [0, 0.1) is 5.82 Å². The van der Waals surface area contributed by atoms with E-state index in [2.05, 4.69) is 0 Å². The Morgan fingerprint density at radius 1 is 1.58 bits per heavy atom. The number of ketones is 1. The van der Waals surface area contributed by atoms with Gasteiger partial charge in [0.2, 0.25) is 0 Å². The van der Waals surface area contributed by atoms with Crippen LogP contribution in [-0.4, -0.2) is 5.78 Å². The molecular weight excluding hydrogens is 181 g/mol. The molecule has 0 aromatic heterocycles. The Morgan fingerprint density at radius 3 is 2.67 bits per heavy atom. The number of rotatable bonds is 1. The maximum absolute atomic E-state index is 12.9. The molecule has 0 aliphatic rings. The second-order valence-corrected chi connectivity index (χ2v) is 2.76. The third-order valence-electron chi connectivity index (χ3n) is 1.49. The lowest BCUT2D eigenvalue weighted by molar-refractivity contribution is 0.101. The van der Waals surface area contributed by atoms with Gasteiger partial charge in [0.1, 0.15) is 0 Å². The smallest absolute Gasteiger partial charge is 0.165 e. The third kappa shape index (κ3) is 1.41. The average molecular weight is 188 g/mol. The molecule has 4 heteroatoms. The van der Waals surface area contributed by atoms with E-state index in [-0.39, 0.29) is 22.1 Å². The number of halogens is 2. The molecule has 0 heterocycles. The van der Waals surface area contributed by atoms with E-state index < -0.39 is 5.82 Å². The summed E-state index contributed by atoms with van der Waals surface area (Å²) >= 11 is 5.52. The Bertz CT molecular complexity index is 338. The van der Waals surface area contributed by atoms with Crippen LogP contribution < -0.4 is 5.73 Å². The van der Waals surface area contributed by atoms with Crippen LogP contribution >= 0.6 is 11.6 Å². The van der Waals surface area contributed by atoms with Crippen molar-refractivity contribution in [3.63, 3.8) is 0 Å². The molecule has 0 spiro atoms. The molecule has 2 nitrogen and oxygen atoms in total. The van der Waals surface area contributed by atoms with Crippen LogP contribution in [0.25, 0.3) is 0 Å². The summed E-state index contributed by atoms with van der Waals surface area (Å²) in [6.07, 6.45) is 0. The molecule has 0 aliphatic carbocycles. The van der Waals surface area contributed by atoms with Crippen LogP contribution in [0.2, 0.25) is 5.02 Å². The quantitative estimate of drug-likeness (QED) is 0.541. The van der Waals surface area contributed by atoms with Gasteiger partial charge in [0.25, 0.3) is 0 Å². The van der Waals surface area contributed by atoms with Crippen LogP contribution in [0.3, 0.4) is 0 Å². The Kier molecular flexibility index (Phi) is 2.33. The van der Waals surface area contributed by atoms with Crippen molar-refractivity contribution in [2.75, 3.05) is 5.73 Å². The average Bonchev–Trinajstić information content (AvgIpc) is 2.00. The molecular formula is C8H7ClFNO. The molecule has 0 radical (unpaired) electrons. The van der Waals surface area contributed by atoms with Gasteiger partial charge in [0.05, 0.1) is 10.7 Å². The monoisotopic (exact) mass is 187 g/mol. The maximum Gasteiger partial charge on any atom is 0.165 e. The number of nitrogen functional groups attached to an aromatic ring is 1. The van der Waals surface area contributed by atoms with Crippen molar-refractivity contribution in [1.29, 1.82) is 0 Å². The summed E-state index contributed by atoms with van der Waals surface area (Å²) in [6.45, 7) is 1.32. The maximum atomic E-state index is 12.9. The number of carbonyl (C=O) groups is 1. The number of anilines is 1. The predicted molar refractivity (Wildman–Crippen MR) is 45.8 cm³/mol. The van der Waals surface area contributed by atoms with E-state index in [1.54, 1.807) is 0 Å². The first-order chi connectivity index (χ1) is 5.54. The van der Waals surface area contributed by atoms with E-state index >= 15 is 0 Å². The van der Waals surface area contributed by atoms with Gasteiger partial charge in [0.15, 0.2) is 11.6 Å². The molecule has 0 fully saturated rings. The topological polar surface area (TPSA) is 43.1 Å². The SMILES string of the molecule is CC(=O)c1ccc(N)c(F)c1Cl. The fourth-order valence-electron chi connectivity index (χ4n) is 0.836. The highest BCUT2D eigenvalue weighted by atomic mass is 35.5. The number of nitrogens with two attached hydrogens (primary N) is 1. The lowest BCUT2D eigenvalue weighted by Crippen LogP contribution is -1.98. The zero-order chi connectivity index (χ0) is 9.30. The molecule has 1 rings (SSSR count). The zero-order valence-corrected chi connectivity index (χ0v) is 7.15. The standard InChI is InChI=1S/C8H7ClFNO/c1-4(12)5-2-3-6(11)8(10)7(5)9/h2-3H,11H2,1H3. The fourth-order valence-corrected chi connectivity index (χ4v) is 1.14. The molecule has 2 N–H and O–H groups in total. The summed E-state index contributed by atoms with van der Waals surface area (Å²) in [7, 11) is 0. The minimum atomic E-state index is -0.732. The normalized spacial score (nSPS) is 9.92. The predicted octanol–water partition coefficient (Wildman–Crippen LogP) is 2.26. The number of Topliss-reactive ketones (excluding diaryl/α,β-unsaturated/α-hetero) is 1. The Balaban J connectivity index is 3.36. The first kappa shape index (κ1) is 9.00. The minimum absolute atomic E-state index is 0.0509. The van der Waals surface area contributed by atoms with Crippen LogP contribution in [0.5, 0.6) is 0 Å². The molecule has 1 aromatic carbocycles. The van der Waals surface area contributed by atoms with Crippen LogP contribution in [0.4, 0.5) is 10.1 Å². The van der Waals surface area contributed by atoms with Gasteiger partial charge in [0, 0.05) is 5.56 Å². The highest BCUT2D eigenvalue weighted by Crippen LogP contribution is 2.24. The molecule has 0 saturated carbocycles. The number of hydrogen-bond acceptors (Lipinski definition) is 2. The van der Waals surface area contributed by atoms with E-state index in [4.69, 9.17) is 17.3 Å². The highest BCUT2D eigenvalue weighted by molar-refractivity contribution is 6.34. The first-order valence-corrected chi connectivity index (χ1v) is 3.66. The molecule has 0 bridgehead atoms. The molecule has 0 aliphatic heterocycles. The summed E-state index contributed by atoms with van der Waals surface area (Å²) in [5, 5.41) is -0.206. The second kappa shape index (κ2) is 3.11. The summed E-state index contributed by atoms with van der Waals surface area (Å²) in [6, 6.07) is 2.72. The van der Waals surface area contributed by atoms with E-state index in [0.717, 1.165) is 0 Å². The molecule has 0 unspecified atom stereocenters. The summed E-state index contributed by atoms with van der Waals surface area (Å²) in [5.41, 5.74) is 5.32. The van der Waals surface area contributed by atoms with E-state index in [0.29, 0.717) is 0 Å². The molecule has 0 amide bonds. The fraction of sp³-hybridized carbons (Fsp3) is 0.125. The highest BCUT2D eigenvalue weighted by Gasteiger charge is 2.11. The van der Waals surface area contributed by atoms with Crippen LogP contribution in [0.1, 0.15) is 17.3 Å². The number of benzene rings is 1. The van der Waals surface area contributed by atoms with Gasteiger partial charge < -0.3 is 5.73 Å². The Morgan fingerprint density at radius 2 is 2.17 bits per heavy atom. The van der Waals surface area contributed by atoms with Gasteiger partial charge in [-0.1, -0.05) is 11.6 Å². The van der Waals surface area contributed by atoms with Gasteiger partial charge in [-0.3, -0.25) is 4.79 Å². The zero-order valence-electron chi connectivity index (χ0n) is 6.40. The lowest BCUT2D eigenvalue weighted by atomic mass is 10.1. The molecule has 0 atom stereocenters. The minimum Gasteiger partial charge on any atom is -0.396 e. The largest absolute Gasteiger partial charge is 0.396 e. The molecule has 0 saturated heterocycles. The Labute approximate surface area is 74.1 Å². The Hall–Kier alpha value is -1.09. The van der Waals surface area contributed by atoms with Crippen LogP contribution in [0.15, 0.2) is 12.1 Å². The van der Waals surface area contributed by atoms with Crippen molar-refractivity contribution in [1.82, 2.24) is 0 Å². The summed E-state index contributed by atoms with van der Waals surface area (Å²) < 4.78 is 12.9. The van der Waals surface area contributed by atoms with Crippen molar-refractivity contribution >= 4 is 23.1 Å². The second-order valence-electron chi connectivity index (χ2n) is 2.39. The number of carbonyl (C=O) groups excluding carboxylic acids is 1. The van der Waals surface area contributed by atoms with Gasteiger partial charge in [-0.25, -0.2) is 4.39 Å². The van der Waals surface area contributed by atoms with Gasteiger partial charge in [-0.05, 0) is 19.1 Å². The van der Waals surface area contributed by atoms with Crippen molar-refractivity contribution in [2.45, 2.75) is 6.92 Å². The van der Waals surface area contributed by atoms with Gasteiger partial charge in [-0.2, -0.15) is 0 Å². The van der Waals surface area contributed by atoms with Crippen molar-refractivity contribution in [2.24, 2.45) is 0 Å². The molecule has 64 valence electrons. The van der Waals surface area contributed by atoms with Crippen molar-refractivity contribution < 1.29 is 9.18 Å². The van der Waals surface area contributed by atoms with Crippen molar-refractivity contribution in [3.8, 4) is 0 Å². The van der Waals surface area contributed by atoms with E-state index in [1.807, 2.05) is 0 Å². The van der Waals surface area contributed by atoms with E-state index in [1.165, 1.54) is 19.1 Å². The first-order valence-electron chi connectivity index (χ1n) is 3.28. The molecule has 1 aromatic rings. The summed E-state index contributed by atoms with van der Waals surface area (Å²) in [4.78, 5) is 10.8. The lowest BCUT2D eigenvalue weighted by Gasteiger charge is -2.02. The third-order valence-corrected chi connectivity index (χ3v) is 1.86. The van der Waals surface area contributed by atoms with Crippen molar-refractivity contribution in [3.05, 3.63) is 28.5 Å². The number of hydrogen-bond donors (Lipinski definition) is 1.